The Kier molecular flexibility index (Phi) is 4.97. The van der Waals surface area contributed by atoms with Gasteiger partial charge in [0.1, 0.15) is 5.82 Å². The Labute approximate surface area is 98.6 Å². The molecule has 0 spiro atoms. The van der Waals surface area contributed by atoms with Crippen molar-refractivity contribution >= 4 is 0 Å². The highest BCUT2D eigenvalue weighted by molar-refractivity contribution is 5.28. The molecule has 0 aliphatic rings. The molecule has 0 heterocycles. The topological polar surface area (TPSA) is 0 Å². The summed E-state index contributed by atoms with van der Waals surface area (Å²) in [5.74, 6) is -1.11. The smallest absolute Gasteiger partial charge is 0.206 e. The van der Waals surface area contributed by atoms with Gasteiger partial charge < -0.3 is 0 Å². The summed E-state index contributed by atoms with van der Waals surface area (Å²) in [5.41, 5.74) is -0.999. The van der Waals surface area contributed by atoms with E-state index in [4.69, 9.17) is 0 Å². The number of unbranched alkanes of at least 4 members (excludes halogenated alkanes) is 3. The molecule has 0 unspecified atom stereocenters. The van der Waals surface area contributed by atoms with Crippen molar-refractivity contribution in [3.8, 4) is 0 Å². The van der Waals surface area contributed by atoms with Crippen LogP contribution in [0.1, 0.15) is 43.7 Å². The Balaban J connectivity index is 2.74. The van der Waals surface area contributed by atoms with E-state index < -0.39 is 17.6 Å². The van der Waals surface area contributed by atoms with Crippen molar-refractivity contribution in [2.75, 3.05) is 0 Å². The lowest BCUT2D eigenvalue weighted by atomic mass is 10.0. The van der Waals surface area contributed by atoms with Crippen molar-refractivity contribution in [3.05, 3.63) is 35.1 Å². The maximum atomic E-state index is 13.6. The second kappa shape index (κ2) is 6.03. The van der Waals surface area contributed by atoms with Crippen LogP contribution < -0.4 is 0 Å². The predicted molar refractivity (Wildman–Crippen MR) is 59.2 cm³/mol. The number of hydrogen-bond donors (Lipinski definition) is 0. The molecule has 0 atom stereocenters. The number of alkyl halides is 3. The van der Waals surface area contributed by atoms with Gasteiger partial charge in [-0.15, -0.1) is 0 Å². The third kappa shape index (κ3) is 4.02. The molecular formula is C13H16F4. The van der Waals surface area contributed by atoms with Gasteiger partial charge in [-0.2, -0.15) is 13.2 Å². The summed E-state index contributed by atoms with van der Waals surface area (Å²) in [7, 11) is 0. The molecule has 0 nitrogen and oxygen atoms in total. The molecule has 17 heavy (non-hydrogen) atoms. The van der Waals surface area contributed by atoms with Gasteiger partial charge in [0.05, 0.1) is 5.56 Å². The van der Waals surface area contributed by atoms with E-state index in [2.05, 4.69) is 0 Å². The largest absolute Gasteiger partial charge is 0.419 e. The number of halogens is 4. The van der Waals surface area contributed by atoms with Gasteiger partial charge in [0.2, 0.25) is 0 Å². The molecule has 1 aromatic rings. The van der Waals surface area contributed by atoms with Crippen LogP contribution in [0, 0.1) is 5.82 Å². The first-order chi connectivity index (χ1) is 7.96. The molecule has 0 aliphatic heterocycles. The van der Waals surface area contributed by atoms with Crippen LogP contribution in [0.15, 0.2) is 18.2 Å². The molecule has 0 aliphatic carbocycles. The molecule has 96 valence electrons. The third-order valence-corrected chi connectivity index (χ3v) is 2.68. The number of hydrogen-bond acceptors (Lipinski definition) is 0. The molecule has 0 saturated carbocycles. The Hall–Kier alpha value is -1.06. The van der Waals surface area contributed by atoms with E-state index in [0.29, 0.717) is 6.42 Å². The standard InChI is InChI=1S/C13H16F4/c1-2-3-4-5-7-10-8-6-9-11(12(10)14)13(15,16)17/h6,8-9H,2-5,7H2,1H3. The van der Waals surface area contributed by atoms with Crippen LogP contribution in [-0.2, 0) is 12.6 Å². The Morgan fingerprint density at radius 1 is 1.06 bits per heavy atom. The summed E-state index contributed by atoms with van der Waals surface area (Å²) in [4.78, 5) is 0. The van der Waals surface area contributed by atoms with Crippen LogP contribution in [0.4, 0.5) is 17.6 Å². The van der Waals surface area contributed by atoms with Crippen molar-refractivity contribution in [3.63, 3.8) is 0 Å². The van der Waals surface area contributed by atoms with E-state index >= 15 is 0 Å². The third-order valence-electron chi connectivity index (χ3n) is 2.68. The fraction of sp³-hybridized carbons (Fsp3) is 0.538. The molecule has 4 heteroatoms. The van der Waals surface area contributed by atoms with Gasteiger partial charge in [-0.05, 0) is 24.5 Å². The van der Waals surface area contributed by atoms with Crippen molar-refractivity contribution in [2.24, 2.45) is 0 Å². The van der Waals surface area contributed by atoms with Crippen molar-refractivity contribution in [2.45, 2.75) is 45.2 Å². The summed E-state index contributed by atoms with van der Waals surface area (Å²) in [6.07, 6.45) is -0.511. The van der Waals surface area contributed by atoms with Crippen LogP contribution in [0.2, 0.25) is 0 Å². The monoisotopic (exact) mass is 248 g/mol. The van der Waals surface area contributed by atoms with E-state index in [1.54, 1.807) is 0 Å². The van der Waals surface area contributed by atoms with Gasteiger partial charge in [-0.1, -0.05) is 38.3 Å². The molecule has 0 amide bonds. The zero-order valence-electron chi connectivity index (χ0n) is 9.78. The lowest BCUT2D eigenvalue weighted by molar-refractivity contribution is -0.140. The van der Waals surface area contributed by atoms with E-state index in [1.807, 2.05) is 6.92 Å². The lowest BCUT2D eigenvalue weighted by Crippen LogP contribution is -2.09. The van der Waals surface area contributed by atoms with Crippen molar-refractivity contribution in [1.29, 1.82) is 0 Å². The number of rotatable bonds is 5. The molecule has 1 rings (SSSR count). The maximum absolute atomic E-state index is 13.6. The first kappa shape index (κ1) is 14.0. The summed E-state index contributed by atoms with van der Waals surface area (Å²) < 4.78 is 50.9. The highest BCUT2D eigenvalue weighted by Gasteiger charge is 2.34. The van der Waals surface area contributed by atoms with Crippen molar-refractivity contribution in [1.82, 2.24) is 0 Å². The Morgan fingerprint density at radius 2 is 1.76 bits per heavy atom. The second-order valence-corrected chi connectivity index (χ2v) is 4.09. The average Bonchev–Trinajstić information content (AvgIpc) is 2.25. The molecule has 0 fully saturated rings. The fourth-order valence-electron chi connectivity index (χ4n) is 1.73. The van der Waals surface area contributed by atoms with Gasteiger partial charge in [0.25, 0.3) is 0 Å². The number of aryl methyl sites for hydroxylation is 1. The molecule has 0 saturated heterocycles. The van der Waals surface area contributed by atoms with Crippen LogP contribution in [0.25, 0.3) is 0 Å². The summed E-state index contributed by atoms with van der Waals surface area (Å²) in [6, 6.07) is 3.47. The van der Waals surface area contributed by atoms with E-state index in [9.17, 15) is 17.6 Å². The van der Waals surface area contributed by atoms with E-state index in [-0.39, 0.29) is 5.56 Å². The minimum absolute atomic E-state index is 0.163. The van der Waals surface area contributed by atoms with Gasteiger partial charge in [-0.3, -0.25) is 0 Å². The zero-order valence-corrected chi connectivity index (χ0v) is 9.78. The highest BCUT2D eigenvalue weighted by atomic mass is 19.4. The van der Waals surface area contributed by atoms with E-state index in [1.165, 1.54) is 12.1 Å². The molecule has 1 aromatic carbocycles. The van der Waals surface area contributed by atoms with Gasteiger partial charge in [0.15, 0.2) is 0 Å². The zero-order chi connectivity index (χ0) is 12.9. The minimum Gasteiger partial charge on any atom is -0.206 e. The van der Waals surface area contributed by atoms with Crippen LogP contribution in [0.3, 0.4) is 0 Å². The van der Waals surface area contributed by atoms with Crippen LogP contribution in [0.5, 0.6) is 0 Å². The second-order valence-electron chi connectivity index (χ2n) is 4.09. The van der Waals surface area contributed by atoms with Gasteiger partial charge in [-0.25, -0.2) is 4.39 Å². The Morgan fingerprint density at radius 3 is 2.35 bits per heavy atom. The molecule has 0 aromatic heterocycles. The number of benzene rings is 1. The summed E-state index contributed by atoms with van der Waals surface area (Å²) in [6.45, 7) is 2.05. The fourth-order valence-corrected chi connectivity index (χ4v) is 1.73. The SMILES string of the molecule is CCCCCCc1cccc(C(F)(F)F)c1F. The first-order valence-corrected chi connectivity index (χ1v) is 5.81. The van der Waals surface area contributed by atoms with Gasteiger partial charge in [0, 0.05) is 0 Å². The lowest BCUT2D eigenvalue weighted by Gasteiger charge is -2.11. The Bertz CT molecular complexity index is 355. The quantitative estimate of drug-likeness (QED) is 0.510. The van der Waals surface area contributed by atoms with E-state index in [0.717, 1.165) is 31.7 Å². The molecular weight excluding hydrogens is 232 g/mol. The molecule has 0 bridgehead atoms. The minimum atomic E-state index is -4.61. The summed E-state index contributed by atoms with van der Waals surface area (Å²) in [5, 5.41) is 0. The van der Waals surface area contributed by atoms with Crippen LogP contribution in [-0.4, -0.2) is 0 Å². The van der Waals surface area contributed by atoms with Gasteiger partial charge >= 0.3 is 6.18 Å². The highest BCUT2D eigenvalue weighted by Crippen LogP contribution is 2.32. The normalized spacial score (nSPS) is 11.8. The first-order valence-electron chi connectivity index (χ1n) is 5.81. The van der Waals surface area contributed by atoms with Crippen molar-refractivity contribution < 1.29 is 17.6 Å². The predicted octanol–water partition coefficient (Wildman–Crippen LogP) is 4.97. The maximum Gasteiger partial charge on any atom is 0.419 e. The average molecular weight is 248 g/mol. The van der Waals surface area contributed by atoms with Crippen LogP contribution >= 0.6 is 0 Å². The molecule has 0 N–H and O–H groups in total. The summed E-state index contributed by atoms with van der Waals surface area (Å²) >= 11 is 0. The molecule has 0 radical (unpaired) electrons.